The van der Waals surface area contributed by atoms with Crippen LogP contribution in [0.4, 0.5) is 0 Å². The van der Waals surface area contributed by atoms with Crippen LogP contribution in [0.3, 0.4) is 0 Å². The molecule has 0 aliphatic heterocycles. The molecule has 2 rings (SSSR count). The van der Waals surface area contributed by atoms with Gasteiger partial charge >= 0.3 is 0 Å². The zero-order valence-corrected chi connectivity index (χ0v) is 13.6. The number of oxime groups is 1. The van der Waals surface area contributed by atoms with Gasteiger partial charge < -0.3 is 19.4 Å². The summed E-state index contributed by atoms with van der Waals surface area (Å²) in [6, 6.07) is 11.4. The van der Waals surface area contributed by atoms with E-state index >= 15 is 0 Å². The van der Waals surface area contributed by atoms with E-state index in [-0.39, 0.29) is 0 Å². The molecule has 0 aliphatic rings. The van der Waals surface area contributed by atoms with E-state index in [1.54, 1.807) is 25.3 Å². The van der Waals surface area contributed by atoms with Gasteiger partial charge in [-0.2, -0.15) is 0 Å². The topological polar surface area (TPSA) is 60.3 Å². The maximum absolute atomic E-state index is 8.55. The molecule has 0 saturated carbocycles. The molecule has 23 heavy (non-hydrogen) atoms. The number of nitrogens with zero attached hydrogens (tertiary/aromatic N) is 1. The van der Waals surface area contributed by atoms with E-state index in [4.69, 9.17) is 19.4 Å². The van der Waals surface area contributed by atoms with Gasteiger partial charge in [-0.1, -0.05) is 22.9 Å². The van der Waals surface area contributed by atoms with Crippen LogP contribution in [0.25, 0.3) is 0 Å². The van der Waals surface area contributed by atoms with Gasteiger partial charge in [0.05, 0.1) is 13.3 Å². The fourth-order valence-electron chi connectivity index (χ4n) is 2.21. The van der Waals surface area contributed by atoms with Gasteiger partial charge in [0, 0.05) is 5.56 Å². The van der Waals surface area contributed by atoms with Crippen molar-refractivity contribution in [2.24, 2.45) is 5.16 Å². The lowest BCUT2D eigenvalue weighted by Gasteiger charge is -2.13. The molecule has 0 amide bonds. The summed E-state index contributed by atoms with van der Waals surface area (Å²) in [6.07, 6.45) is 1.33. The number of methoxy groups -OCH3 is 1. The lowest BCUT2D eigenvalue weighted by Crippen LogP contribution is -2.10. The standard InChI is InChI=1S/C18H21NO4/c1-13-4-6-16(14(2)10-13)22-8-9-23-17-7-5-15(12-19-20)11-18(17)21-3/h4-7,10-12,20H,8-9H2,1-3H3/b19-12+. The third-order valence-corrected chi connectivity index (χ3v) is 3.32. The first-order valence-corrected chi connectivity index (χ1v) is 7.32. The highest BCUT2D eigenvalue weighted by Crippen LogP contribution is 2.27. The molecule has 2 aromatic rings. The monoisotopic (exact) mass is 315 g/mol. The number of aryl methyl sites for hydroxylation is 2. The Kier molecular flexibility index (Phi) is 5.86. The van der Waals surface area contributed by atoms with Crippen LogP contribution in [0.5, 0.6) is 17.2 Å². The zero-order chi connectivity index (χ0) is 16.7. The summed E-state index contributed by atoms with van der Waals surface area (Å²) >= 11 is 0. The lowest BCUT2D eigenvalue weighted by atomic mass is 10.1. The van der Waals surface area contributed by atoms with Crippen LogP contribution in [-0.2, 0) is 0 Å². The summed E-state index contributed by atoms with van der Waals surface area (Å²) in [5.41, 5.74) is 3.04. The van der Waals surface area contributed by atoms with Crippen LogP contribution in [0.2, 0.25) is 0 Å². The Hall–Kier alpha value is -2.69. The van der Waals surface area contributed by atoms with Gasteiger partial charge in [0.1, 0.15) is 19.0 Å². The van der Waals surface area contributed by atoms with Gasteiger partial charge in [0.2, 0.25) is 0 Å². The zero-order valence-electron chi connectivity index (χ0n) is 13.6. The average Bonchev–Trinajstić information content (AvgIpc) is 2.54. The molecular weight excluding hydrogens is 294 g/mol. The molecule has 5 nitrogen and oxygen atoms in total. The average molecular weight is 315 g/mol. The summed E-state index contributed by atoms with van der Waals surface area (Å²) in [7, 11) is 1.56. The molecule has 0 heterocycles. The van der Waals surface area contributed by atoms with Crippen molar-refractivity contribution >= 4 is 6.21 Å². The Morgan fingerprint density at radius 2 is 1.65 bits per heavy atom. The first-order chi connectivity index (χ1) is 11.1. The molecule has 0 aromatic heterocycles. The highest BCUT2D eigenvalue weighted by molar-refractivity contribution is 5.80. The number of rotatable bonds is 7. The molecule has 0 atom stereocenters. The van der Waals surface area contributed by atoms with Crippen molar-refractivity contribution in [1.82, 2.24) is 0 Å². The summed E-state index contributed by atoms with van der Waals surface area (Å²) < 4.78 is 16.7. The molecule has 0 spiro atoms. The first-order valence-electron chi connectivity index (χ1n) is 7.32. The van der Waals surface area contributed by atoms with Crippen molar-refractivity contribution < 1.29 is 19.4 Å². The van der Waals surface area contributed by atoms with Gasteiger partial charge in [0.25, 0.3) is 0 Å². The van der Waals surface area contributed by atoms with Gasteiger partial charge in [-0.25, -0.2) is 0 Å². The Balaban J connectivity index is 1.91. The van der Waals surface area contributed by atoms with E-state index in [0.29, 0.717) is 24.7 Å². The van der Waals surface area contributed by atoms with Crippen LogP contribution in [0.1, 0.15) is 16.7 Å². The Morgan fingerprint density at radius 3 is 2.30 bits per heavy atom. The summed E-state index contributed by atoms with van der Waals surface area (Å²) in [5.74, 6) is 2.06. The molecule has 0 aliphatic carbocycles. The molecule has 0 bridgehead atoms. The van der Waals surface area contributed by atoms with Crippen LogP contribution < -0.4 is 14.2 Å². The van der Waals surface area contributed by atoms with Crippen molar-refractivity contribution in [2.75, 3.05) is 20.3 Å². The minimum absolute atomic E-state index is 0.400. The maximum Gasteiger partial charge on any atom is 0.161 e. The first kappa shape index (κ1) is 16.7. The molecule has 1 N–H and O–H groups in total. The fourth-order valence-corrected chi connectivity index (χ4v) is 2.21. The van der Waals surface area contributed by atoms with E-state index in [9.17, 15) is 0 Å². The number of hydrogen-bond donors (Lipinski definition) is 1. The largest absolute Gasteiger partial charge is 0.493 e. The molecule has 2 aromatic carbocycles. The minimum Gasteiger partial charge on any atom is -0.493 e. The van der Waals surface area contributed by atoms with Gasteiger partial charge in [0.15, 0.2) is 11.5 Å². The third-order valence-electron chi connectivity index (χ3n) is 3.32. The summed E-state index contributed by atoms with van der Waals surface area (Å²) in [5, 5.41) is 11.5. The number of hydrogen-bond acceptors (Lipinski definition) is 5. The van der Waals surface area contributed by atoms with Crippen LogP contribution in [0, 0.1) is 13.8 Å². The van der Waals surface area contributed by atoms with E-state index in [0.717, 1.165) is 16.9 Å². The molecule has 0 radical (unpaired) electrons. The second-order valence-electron chi connectivity index (χ2n) is 5.12. The Bertz CT molecular complexity index is 683. The highest BCUT2D eigenvalue weighted by Gasteiger charge is 2.06. The highest BCUT2D eigenvalue weighted by atomic mass is 16.5. The van der Waals surface area contributed by atoms with Crippen LogP contribution >= 0.6 is 0 Å². The van der Waals surface area contributed by atoms with E-state index in [2.05, 4.69) is 18.1 Å². The van der Waals surface area contributed by atoms with Crippen molar-refractivity contribution in [3.63, 3.8) is 0 Å². The second kappa shape index (κ2) is 8.08. The minimum atomic E-state index is 0.400. The Labute approximate surface area is 136 Å². The molecule has 0 unspecified atom stereocenters. The number of ether oxygens (including phenoxy) is 3. The maximum atomic E-state index is 8.55. The molecule has 5 heteroatoms. The molecular formula is C18H21NO4. The van der Waals surface area contributed by atoms with E-state index in [1.807, 2.05) is 19.1 Å². The van der Waals surface area contributed by atoms with Crippen molar-refractivity contribution in [3.05, 3.63) is 53.1 Å². The predicted octanol–water partition coefficient (Wildman–Crippen LogP) is 3.58. The van der Waals surface area contributed by atoms with Gasteiger partial charge in [-0.15, -0.1) is 0 Å². The molecule has 122 valence electrons. The van der Waals surface area contributed by atoms with Crippen LogP contribution in [-0.4, -0.2) is 31.7 Å². The SMILES string of the molecule is COc1cc(/C=N/O)ccc1OCCOc1ccc(C)cc1C. The van der Waals surface area contributed by atoms with Crippen LogP contribution in [0.15, 0.2) is 41.6 Å². The quantitative estimate of drug-likeness (QED) is 0.367. The fraction of sp³-hybridized carbons (Fsp3) is 0.278. The second-order valence-corrected chi connectivity index (χ2v) is 5.12. The smallest absolute Gasteiger partial charge is 0.161 e. The van der Waals surface area contributed by atoms with Gasteiger partial charge in [-0.3, -0.25) is 0 Å². The lowest BCUT2D eigenvalue weighted by molar-refractivity contribution is 0.210. The van der Waals surface area contributed by atoms with E-state index in [1.165, 1.54) is 11.8 Å². The normalized spacial score (nSPS) is 10.7. The summed E-state index contributed by atoms with van der Waals surface area (Å²) in [4.78, 5) is 0. The predicted molar refractivity (Wildman–Crippen MR) is 89.3 cm³/mol. The Morgan fingerprint density at radius 1 is 0.957 bits per heavy atom. The van der Waals surface area contributed by atoms with Gasteiger partial charge in [-0.05, 0) is 43.7 Å². The summed E-state index contributed by atoms with van der Waals surface area (Å²) in [6.45, 7) is 4.91. The third kappa shape index (κ3) is 4.64. The molecule has 0 fully saturated rings. The van der Waals surface area contributed by atoms with Crippen molar-refractivity contribution in [3.8, 4) is 17.2 Å². The van der Waals surface area contributed by atoms with Crippen molar-refractivity contribution in [1.29, 1.82) is 0 Å². The van der Waals surface area contributed by atoms with Crippen molar-refractivity contribution in [2.45, 2.75) is 13.8 Å². The van der Waals surface area contributed by atoms with E-state index < -0.39 is 0 Å². The molecule has 0 saturated heterocycles. The number of benzene rings is 2.